The van der Waals surface area contributed by atoms with Gasteiger partial charge < -0.3 is 15.8 Å². The minimum absolute atomic E-state index is 0.00930. The van der Waals surface area contributed by atoms with Gasteiger partial charge in [0.25, 0.3) is 0 Å². The standard InChI is InChI=1S/C12H18N2O2/c1-9(14-12(15)7-8-13)10-3-5-11(16-2)6-4-10/h3-6,9H,7-8,13H2,1-2H3,(H,14,15)/t9-/m1/s1. The highest BCUT2D eigenvalue weighted by Crippen LogP contribution is 2.17. The first kappa shape index (κ1) is 12.5. The average molecular weight is 222 g/mol. The SMILES string of the molecule is COc1ccc([C@@H](C)NC(=O)CCN)cc1. The Morgan fingerprint density at radius 1 is 1.44 bits per heavy atom. The monoisotopic (exact) mass is 222 g/mol. The number of methoxy groups -OCH3 is 1. The molecule has 0 aliphatic carbocycles. The van der Waals surface area contributed by atoms with Gasteiger partial charge in [-0.15, -0.1) is 0 Å². The maximum Gasteiger partial charge on any atom is 0.221 e. The van der Waals surface area contributed by atoms with Crippen LogP contribution in [0.1, 0.15) is 24.9 Å². The smallest absolute Gasteiger partial charge is 0.221 e. The van der Waals surface area contributed by atoms with E-state index in [-0.39, 0.29) is 11.9 Å². The largest absolute Gasteiger partial charge is 0.497 e. The highest BCUT2D eigenvalue weighted by Gasteiger charge is 2.08. The van der Waals surface area contributed by atoms with Crippen LogP contribution in [0.5, 0.6) is 5.75 Å². The predicted octanol–water partition coefficient (Wildman–Crippen LogP) is 1.22. The molecule has 4 nitrogen and oxygen atoms in total. The van der Waals surface area contributed by atoms with Crippen molar-refractivity contribution in [3.63, 3.8) is 0 Å². The second-order valence-corrected chi connectivity index (χ2v) is 3.60. The molecule has 0 heterocycles. The number of carbonyl (C=O) groups excluding carboxylic acids is 1. The van der Waals surface area contributed by atoms with Crippen LogP contribution in [-0.4, -0.2) is 19.6 Å². The Kier molecular flexibility index (Phi) is 4.79. The number of ether oxygens (including phenoxy) is 1. The van der Waals surface area contributed by atoms with Gasteiger partial charge in [0.2, 0.25) is 5.91 Å². The summed E-state index contributed by atoms with van der Waals surface area (Å²) in [4.78, 5) is 11.3. The molecule has 16 heavy (non-hydrogen) atoms. The topological polar surface area (TPSA) is 64.3 Å². The van der Waals surface area contributed by atoms with E-state index < -0.39 is 0 Å². The van der Waals surface area contributed by atoms with Gasteiger partial charge in [-0.1, -0.05) is 12.1 Å². The van der Waals surface area contributed by atoms with Gasteiger partial charge in [-0.3, -0.25) is 4.79 Å². The Morgan fingerprint density at radius 2 is 2.06 bits per heavy atom. The zero-order chi connectivity index (χ0) is 12.0. The van der Waals surface area contributed by atoms with Gasteiger partial charge in [0.15, 0.2) is 0 Å². The molecule has 3 N–H and O–H groups in total. The third-order valence-corrected chi connectivity index (χ3v) is 2.36. The molecule has 4 heteroatoms. The first-order chi connectivity index (χ1) is 7.67. The summed E-state index contributed by atoms with van der Waals surface area (Å²) < 4.78 is 5.06. The molecule has 0 radical (unpaired) electrons. The lowest BCUT2D eigenvalue weighted by Crippen LogP contribution is -2.28. The molecule has 0 saturated heterocycles. The number of nitrogens with two attached hydrogens (primary N) is 1. The van der Waals surface area contributed by atoms with E-state index >= 15 is 0 Å². The van der Waals surface area contributed by atoms with Crippen molar-refractivity contribution in [3.8, 4) is 5.75 Å². The van der Waals surface area contributed by atoms with Crippen LogP contribution in [0.4, 0.5) is 0 Å². The molecule has 1 atom stereocenters. The van der Waals surface area contributed by atoms with Crippen molar-refractivity contribution >= 4 is 5.91 Å². The van der Waals surface area contributed by atoms with Crippen LogP contribution in [0.25, 0.3) is 0 Å². The Morgan fingerprint density at radius 3 is 2.56 bits per heavy atom. The minimum Gasteiger partial charge on any atom is -0.497 e. The first-order valence-electron chi connectivity index (χ1n) is 5.30. The van der Waals surface area contributed by atoms with E-state index in [2.05, 4.69) is 5.32 Å². The van der Waals surface area contributed by atoms with Gasteiger partial charge in [0, 0.05) is 13.0 Å². The molecule has 1 aromatic rings. The van der Waals surface area contributed by atoms with Gasteiger partial charge in [-0.25, -0.2) is 0 Å². The van der Waals surface area contributed by atoms with E-state index in [4.69, 9.17) is 10.5 Å². The molecule has 1 amide bonds. The molecule has 0 fully saturated rings. The number of hydrogen-bond acceptors (Lipinski definition) is 3. The third kappa shape index (κ3) is 3.55. The first-order valence-corrected chi connectivity index (χ1v) is 5.30. The summed E-state index contributed by atoms with van der Waals surface area (Å²) in [6.07, 6.45) is 0.362. The molecular weight excluding hydrogens is 204 g/mol. The van der Waals surface area contributed by atoms with Crippen molar-refractivity contribution in [2.45, 2.75) is 19.4 Å². The van der Waals surface area contributed by atoms with Crippen molar-refractivity contribution < 1.29 is 9.53 Å². The molecule has 0 spiro atoms. The van der Waals surface area contributed by atoms with Crippen molar-refractivity contribution in [1.29, 1.82) is 0 Å². The van der Waals surface area contributed by atoms with Crippen molar-refractivity contribution in [2.24, 2.45) is 5.73 Å². The van der Waals surface area contributed by atoms with E-state index in [0.29, 0.717) is 13.0 Å². The van der Waals surface area contributed by atoms with E-state index in [1.54, 1.807) is 7.11 Å². The summed E-state index contributed by atoms with van der Waals surface area (Å²) in [6, 6.07) is 7.62. The molecular formula is C12H18N2O2. The minimum atomic E-state index is -0.0224. The lowest BCUT2D eigenvalue weighted by atomic mass is 10.1. The van der Waals surface area contributed by atoms with Gasteiger partial charge in [0.1, 0.15) is 5.75 Å². The van der Waals surface area contributed by atoms with E-state index in [1.807, 2.05) is 31.2 Å². The lowest BCUT2D eigenvalue weighted by Gasteiger charge is -2.14. The summed E-state index contributed by atoms with van der Waals surface area (Å²) in [5.74, 6) is 0.787. The molecule has 88 valence electrons. The van der Waals surface area contributed by atoms with Gasteiger partial charge >= 0.3 is 0 Å². The van der Waals surface area contributed by atoms with Gasteiger partial charge in [-0.2, -0.15) is 0 Å². The van der Waals surface area contributed by atoms with Crippen LogP contribution in [-0.2, 0) is 4.79 Å². The van der Waals surface area contributed by atoms with Crippen LogP contribution in [0.3, 0.4) is 0 Å². The van der Waals surface area contributed by atoms with E-state index in [1.165, 1.54) is 0 Å². The Hall–Kier alpha value is -1.55. The molecule has 0 aliphatic rings. The Labute approximate surface area is 95.8 Å². The summed E-state index contributed by atoms with van der Waals surface area (Å²) >= 11 is 0. The Balaban J connectivity index is 2.58. The summed E-state index contributed by atoms with van der Waals surface area (Å²) in [6.45, 7) is 2.32. The van der Waals surface area contributed by atoms with Gasteiger partial charge in [-0.05, 0) is 24.6 Å². The van der Waals surface area contributed by atoms with E-state index in [9.17, 15) is 4.79 Å². The zero-order valence-corrected chi connectivity index (χ0v) is 9.69. The summed E-state index contributed by atoms with van der Waals surface area (Å²) in [7, 11) is 1.63. The molecule has 1 aromatic carbocycles. The zero-order valence-electron chi connectivity index (χ0n) is 9.69. The summed E-state index contributed by atoms with van der Waals surface area (Å²) in [5, 5.41) is 2.87. The van der Waals surface area contributed by atoms with Crippen LogP contribution in [0.2, 0.25) is 0 Å². The van der Waals surface area contributed by atoms with Crippen LogP contribution in [0, 0.1) is 0 Å². The second kappa shape index (κ2) is 6.12. The highest BCUT2D eigenvalue weighted by molar-refractivity contribution is 5.76. The lowest BCUT2D eigenvalue weighted by molar-refractivity contribution is -0.121. The molecule has 1 rings (SSSR count). The Bertz CT molecular complexity index is 335. The average Bonchev–Trinajstić information content (AvgIpc) is 2.29. The number of rotatable bonds is 5. The van der Waals surface area contributed by atoms with Crippen LogP contribution < -0.4 is 15.8 Å². The normalized spacial score (nSPS) is 11.9. The molecule has 0 aromatic heterocycles. The number of carbonyl (C=O) groups is 1. The fraction of sp³-hybridized carbons (Fsp3) is 0.417. The third-order valence-electron chi connectivity index (χ3n) is 2.36. The molecule has 0 bridgehead atoms. The summed E-state index contributed by atoms with van der Waals surface area (Å²) in [5.41, 5.74) is 6.35. The number of nitrogens with one attached hydrogen (secondary N) is 1. The second-order valence-electron chi connectivity index (χ2n) is 3.60. The van der Waals surface area contributed by atoms with Crippen molar-refractivity contribution in [3.05, 3.63) is 29.8 Å². The fourth-order valence-electron chi connectivity index (χ4n) is 1.42. The quantitative estimate of drug-likeness (QED) is 0.787. The maximum absolute atomic E-state index is 11.3. The fourth-order valence-corrected chi connectivity index (χ4v) is 1.42. The number of benzene rings is 1. The van der Waals surface area contributed by atoms with Crippen LogP contribution in [0.15, 0.2) is 24.3 Å². The number of amides is 1. The van der Waals surface area contributed by atoms with Crippen LogP contribution >= 0.6 is 0 Å². The van der Waals surface area contributed by atoms with Crippen molar-refractivity contribution in [2.75, 3.05) is 13.7 Å². The highest BCUT2D eigenvalue weighted by atomic mass is 16.5. The number of hydrogen-bond donors (Lipinski definition) is 2. The molecule has 0 unspecified atom stereocenters. The van der Waals surface area contributed by atoms with Gasteiger partial charge in [0.05, 0.1) is 13.2 Å². The molecule has 0 aliphatic heterocycles. The predicted molar refractivity (Wildman–Crippen MR) is 63.2 cm³/mol. The molecule has 0 saturated carbocycles. The maximum atomic E-state index is 11.3. The van der Waals surface area contributed by atoms with Crippen molar-refractivity contribution in [1.82, 2.24) is 5.32 Å². The van der Waals surface area contributed by atoms with E-state index in [0.717, 1.165) is 11.3 Å².